The van der Waals surface area contributed by atoms with Crippen molar-refractivity contribution in [1.29, 1.82) is 0 Å². The Hall–Kier alpha value is -1.79. The van der Waals surface area contributed by atoms with E-state index in [1.165, 1.54) is 16.9 Å². The standard InChI is InChI=1S/C15H14N2O2S2/c1-8-3-4-11-12(5-8)17-15(16-11)20-7-10-6-13(14(18)19)21-9(10)2/h3-6H,7H2,1-2H3,(H,16,17)(H,18,19). The van der Waals surface area contributed by atoms with Crippen molar-refractivity contribution in [2.75, 3.05) is 0 Å². The van der Waals surface area contributed by atoms with Gasteiger partial charge in [0.05, 0.1) is 11.0 Å². The van der Waals surface area contributed by atoms with E-state index in [9.17, 15) is 4.79 Å². The van der Waals surface area contributed by atoms with Crippen molar-refractivity contribution < 1.29 is 9.90 Å². The first-order valence-electron chi connectivity index (χ1n) is 6.44. The van der Waals surface area contributed by atoms with Gasteiger partial charge in [-0.2, -0.15) is 0 Å². The van der Waals surface area contributed by atoms with Gasteiger partial charge in [0.1, 0.15) is 4.88 Å². The van der Waals surface area contributed by atoms with E-state index in [1.807, 2.05) is 19.1 Å². The topological polar surface area (TPSA) is 66.0 Å². The summed E-state index contributed by atoms with van der Waals surface area (Å²) in [7, 11) is 0. The fourth-order valence-electron chi connectivity index (χ4n) is 2.08. The van der Waals surface area contributed by atoms with Gasteiger partial charge >= 0.3 is 5.97 Å². The van der Waals surface area contributed by atoms with Crippen LogP contribution in [0.3, 0.4) is 0 Å². The highest BCUT2D eigenvalue weighted by Gasteiger charge is 2.12. The summed E-state index contributed by atoms with van der Waals surface area (Å²) in [6.45, 7) is 4.00. The van der Waals surface area contributed by atoms with Gasteiger partial charge in [-0.3, -0.25) is 0 Å². The van der Waals surface area contributed by atoms with E-state index in [0.717, 1.165) is 26.6 Å². The quantitative estimate of drug-likeness (QED) is 0.706. The smallest absolute Gasteiger partial charge is 0.345 e. The number of aromatic carboxylic acids is 1. The number of thioether (sulfide) groups is 1. The zero-order valence-corrected chi connectivity index (χ0v) is 13.3. The lowest BCUT2D eigenvalue weighted by molar-refractivity contribution is 0.0702. The van der Waals surface area contributed by atoms with Crippen LogP contribution in [-0.4, -0.2) is 21.0 Å². The second kappa shape index (κ2) is 5.54. The van der Waals surface area contributed by atoms with Crippen LogP contribution in [0.4, 0.5) is 0 Å². The number of fused-ring (bicyclic) bond motifs is 1. The number of rotatable bonds is 4. The molecule has 0 saturated heterocycles. The maximum Gasteiger partial charge on any atom is 0.345 e. The highest BCUT2D eigenvalue weighted by atomic mass is 32.2. The van der Waals surface area contributed by atoms with Gasteiger partial charge in [0.25, 0.3) is 0 Å². The lowest BCUT2D eigenvalue weighted by Gasteiger charge is -1.96. The first kappa shape index (κ1) is 14.2. The molecule has 2 aromatic heterocycles. The lowest BCUT2D eigenvalue weighted by atomic mass is 10.2. The number of aromatic nitrogens is 2. The molecule has 3 rings (SSSR count). The summed E-state index contributed by atoms with van der Waals surface area (Å²) in [5.41, 5.74) is 4.24. The number of thiophene rings is 1. The Labute approximate surface area is 130 Å². The molecule has 0 bridgehead atoms. The Kier molecular flexibility index (Phi) is 3.73. The maximum atomic E-state index is 11.0. The van der Waals surface area contributed by atoms with Gasteiger partial charge in [-0.15, -0.1) is 11.3 Å². The van der Waals surface area contributed by atoms with Crippen LogP contribution in [0, 0.1) is 13.8 Å². The van der Waals surface area contributed by atoms with Gasteiger partial charge in [0, 0.05) is 10.6 Å². The largest absolute Gasteiger partial charge is 0.477 e. The molecule has 21 heavy (non-hydrogen) atoms. The van der Waals surface area contributed by atoms with Crippen molar-refractivity contribution in [2.24, 2.45) is 0 Å². The first-order valence-corrected chi connectivity index (χ1v) is 8.25. The Morgan fingerprint density at radius 1 is 1.38 bits per heavy atom. The summed E-state index contributed by atoms with van der Waals surface area (Å²) in [6.07, 6.45) is 0. The molecule has 2 N–H and O–H groups in total. The Morgan fingerprint density at radius 3 is 2.90 bits per heavy atom. The number of carboxylic acid groups (broad SMARTS) is 1. The number of aryl methyl sites for hydroxylation is 2. The molecule has 0 aliphatic carbocycles. The first-order chi connectivity index (χ1) is 10.0. The number of nitrogens with zero attached hydrogens (tertiary/aromatic N) is 1. The van der Waals surface area contributed by atoms with Crippen LogP contribution in [0.5, 0.6) is 0 Å². The summed E-state index contributed by atoms with van der Waals surface area (Å²) < 4.78 is 0. The normalized spacial score (nSPS) is 11.1. The maximum absolute atomic E-state index is 11.0. The van der Waals surface area contributed by atoms with Gasteiger partial charge in [-0.05, 0) is 43.2 Å². The molecule has 0 aliphatic rings. The van der Waals surface area contributed by atoms with Gasteiger partial charge < -0.3 is 10.1 Å². The summed E-state index contributed by atoms with van der Waals surface area (Å²) in [5.74, 6) is -0.146. The number of benzene rings is 1. The average Bonchev–Trinajstić information content (AvgIpc) is 2.99. The molecule has 0 radical (unpaired) electrons. The molecule has 3 aromatic rings. The van der Waals surface area contributed by atoms with E-state index in [4.69, 9.17) is 5.11 Å². The van der Waals surface area contributed by atoms with Crippen LogP contribution in [0.15, 0.2) is 29.4 Å². The van der Waals surface area contributed by atoms with Gasteiger partial charge in [-0.25, -0.2) is 9.78 Å². The SMILES string of the molecule is Cc1ccc2nc(SCc3cc(C(=O)O)sc3C)[nH]c2c1. The van der Waals surface area contributed by atoms with Crippen molar-refractivity contribution in [3.63, 3.8) is 0 Å². The van der Waals surface area contributed by atoms with Gasteiger partial charge in [0.15, 0.2) is 5.16 Å². The molecule has 0 atom stereocenters. The Morgan fingerprint density at radius 2 is 2.19 bits per heavy atom. The number of hydrogen-bond donors (Lipinski definition) is 2. The van der Waals surface area contributed by atoms with Crippen LogP contribution < -0.4 is 0 Å². The fourth-order valence-corrected chi connectivity index (χ4v) is 3.99. The van der Waals surface area contributed by atoms with Crippen molar-refractivity contribution in [3.8, 4) is 0 Å². The number of H-pyrrole nitrogens is 1. The molecule has 0 amide bonds. The lowest BCUT2D eigenvalue weighted by Crippen LogP contribution is -1.90. The molecule has 0 aliphatic heterocycles. The number of hydrogen-bond acceptors (Lipinski definition) is 4. The summed E-state index contributed by atoms with van der Waals surface area (Å²) >= 11 is 2.91. The number of carbonyl (C=O) groups is 1. The van der Waals surface area contributed by atoms with Crippen molar-refractivity contribution in [3.05, 3.63) is 45.1 Å². The molecular weight excluding hydrogens is 304 g/mol. The summed E-state index contributed by atoms with van der Waals surface area (Å²) in [5, 5.41) is 9.87. The van der Waals surface area contributed by atoms with Crippen molar-refractivity contribution >= 4 is 40.1 Å². The molecule has 0 unspecified atom stereocenters. The monoisotopic (exact) mass is 318 g/mol. The predicted molar refractivity (Wildman–Crippen MR) is 86.4 cm³/mol. The molecule has 6 heteroatoms. The number of carboxylic acids is 1. The van der Waals surface area contributed by atoms with Crippen LogP contribution in [0.25, 0.3) is 11.0 Å². The summed E-state index contributed by atoms with van der Waals surface area (Å²) in [4.78, 5) is 20.2. The van der Waals surface area contributed by atoms with Gasteiger partial charge in [0.2, 0.25) is 0 Å². The molecule has 2 heterocycles. The Balaban J connectivity index is 1.78. The van der Waals surface area contributed by atoms with Gasteiger partial charge in [-0.1, -0.05) is 17.8 Å². The number of aromatic amines is 1. The highest BCUT2D eigenvalue weighted by Crippen LogP contribution is 2.29. The number of imidazole rings is 1. The molecule has 4 nitrogen and oxygen atoms in total. The molecule has 0 spiro atoms. The molecular formula is C15H14N2O2S2. The zero-order chi connectivity index (χ0) is 15.0. The van der Waals surface area contributed by atoms with E-state index in [-0.39, 0.29) is 0 Å². The zero-order valence-electron chi connectivity index (χ0n) is 11.6. The van der Waals surface area contributed by atoms with E-state index in [2.05, 4.69) is 23.0 Å². The fraction of sp³-hybridized carbons (Fsp3) is 0.200. The second-order valence-corrected chi connectivity index (χ2v) is 7.07. The van der Waals surface area contributed by atoms with Crippen molar-refractivity contribution in [2.45, 2.75) is 24.8 Å². The third-order valence-electron chi connectivity index (χ3n) is 3.21. The molecule has 108 valence electrons. The van der Waals surface area contributed by atoms with Crippen molar-refractivity contribution in [1.82, 2.24) is 9.97 Å². The second-order valence-electron chi connectivity index (χ2n) is 4.85. The molecule has 0 saturated carbocycles. The van der Waals surface area contributed by atoms with Crippen LogP contribution >= 0.6 is 23.1 Å². The third kappa shape index (κ3) is 2.96. The molecule has 0 fully saturated rings. The Bertz CT molecular complexity index is 820. The van der Waals surface area contributed by atoms with Crippen LogP contribution in [0.1, 0.15) is 25.7 Å². The van der Waals surface area contributed by atoms with E-state index in [0.29, 0.717) is 10.6 Å². The highest BCUT2D eigenvalue weighted by molar-refractivity contribution is 7.98. The minimum Gasteiger partial charge on any atom is -0.477 e. The van der Waals surface area contributed by atoms with E-state index in [1.54, 1.807) is 17.8 Å². The van der Waals surface area contributed by atoms with E-state index < -0.39 is 5.97 Å². The summed E-state index contributed by atoms with van der Waals surface area (Å²) in [6, 6.07) is 7.87. The van der Waals surface area contributed by atoms with E-state index >= 15 is 0 Å². The predicted octanol–water partition coefficient (Wildman–Crippen LogP) is 4.23. The number of nitrogens with one attached hydrogen (secondary N) is 1. The van der Waals surface area contributed by atoms with Crippen LogP contribution in [0.2, 0.25) is 0 Å². The van der Waals surface area contributed by atoms with Crippen LogP contribution in [-0.2, 0) is 5.75 Å². The average molecular weight is 318 g/mol. The minimum atomic E-state index is -0.862. The third-order valence-corrected chi connectivity index (χ3v) is 5.21. The molecule has 1 aromatic carbocycles. The minimum absolute atomic E-state index is 0.392.